The normalized spacial score (nSPS) is 11.7. The number of carbonyl (C=O) groups is 2. The first-order valence-electron chi connectivity index (χ1n) is 18.1. The SMILES string of the molecule is CCCCCCCCCCCCC(CCN(C(C)=O)c1ccc(N(C(C)=O)c2cc(=O)n(Cc3ccccc3)[nH]2)cc1)Oc1ccccc1. The lowest BCUT2D eigenvalue weighted by atomic mass is 10.0. The number of benzene rings is 3. The molecule has 1 N–H and O–H groups in total. The first-order chi connectivity index (χ1) is 23.9. The van der Waals surface area contributed by atoms with Gasteiger partial charge in [0, 0.05) is 38.6 Å². The van der Waals surface area contributed by atoms with E-state index in [1.165, 1.54) is 80.4 Å². The number of carbonyl (C=O) groups excluding carboxylic acids is 2. The maximum Gasteiger partial charge on any atom is 0.268 e. The molecule has 0 aliphatic carbocycles. The summed E-state index contributed by atoms with van der Waals surface area (Å²) >= 11 is 0. The molecule has 1 unspecified atom stereocenters. The molecule has 0 bridgehead atoms. The Hall–Kier alpha value is -4.59. The van der Waals surface area contributed by atoms with Crippen molar-refractivity contribution < 1.29 is 14.3 Å². The summed E-state index contributed by atoms with van der Waals surface area (Å²) < 4.78 is 7.91. The van der Waals surface area contributed by atoms with Crippen molar-refractivity contribution in [2.75, 3.05) is 16.3 Å². The monoisotopic (exact) mass is 666 g/mol. The molecule has 49 heavy (non-hydrogen) atoms. The topological polar surface area (TPSA) is 87.6 Å². The summed E-state index contributed by atoms with van der Waals surface area (Å²) in [6.45, 7) is 6.17. The second-order valence-electron chi connectivity index (χ2n) is 12.9. The van der Waals surface area contributed by atoms with Crippen LogP contribution in [0, 0.1) is 0 Å². The summed E-state index contributed by atoms with van der Waals surface area (Å²) in [5.41, 5.74) is 2.09. The van der Waals surface area contributed by atoms with Gasteiger partial charge in [0.15, 0.2) is 0 Å². The lowest BCUT2D eigenvalue weighted by Gasteiger charge is -2.26. The Morgan fingerprint density at radius 2 is 1.29 bits per heavy atom. The Labute approximate surface area is 292 Å². The lowest BCUT2D eigenvalue weighted by Crippen LogP contribution is -2.33. The summed E-state index contributed by atoms with van der Waals surface area (Å²) in [4.78, 5) is 41.7. The standard InChI is InChI=1S/C41H54N4O4/c1-4-5-6-7-8-9-10-11-12-17-24-39(49-38-22-18-14-19-23-38)29-30-43(33(2)46)36-25-27-37(28-26-36)45(34(3)47)40-31-41(48)44(42-40)32-35-20-15-13-16-21-35/h13-16,18-23,25-28,31,39,42H,4-12,17,24,29-30,32H2,1-3H3. The zero-order chi connectivity index (χ0) is 34.8. The van der Waals surface area contributed by atoms with E-state index in [4.69, 9.17) is 4.74 Å². The molecule has 3 aromatic carbocycles. The molecule has 1 aromatic heterocycles. The zero-order valence-electron chi connectivity index (χ0n) is 29.6. The van der Waals surface area contributed by atoms with Crippen molar-refractivity contribution in [1.82, 2.24) is 9.78 Å². The van der Waals surface area contributed by atoms with E-state index in [9.17, 15) is 14.4 Å². The Kier molecular flexibility index (Phi) is 15.2. The van der Waals surface area contributed by atoms with Crippen molar-refractivity contribution in [3.05, 3.63) is 107 Å². The summed E-state index contributed by atoms with van der Waals surface area (Å²) in [6.07, 6.45) is 14.5. The van der Waals surface area contributed by atoms with Crippen LogP contribution in [-0.2, 0) is 16.1 Å². The number of nitrogens with zero attached hydrogens (tertiary/aromatic N) is 3. The van der Waals surface area contributed by atoms with Gasteiger partial charge in [-0.25, -0.2) is 4.68 Å². The third-order valence-corrected chi connectivity index (χ3v) is 8.92. The molecule has 0 aliphatic heterocycles. The highest BCUT2D eigenvalue weighted by Crippen LogP contribution is 2.27. The van der Waals surface area contributed by atoms with Crippen LogP contribution >= 0.6 is 0 Å². The van der Waals surface area contributed by atoms with Gasteiger partial charge in [0.05, 0.1) is 12.2 Å². The quantitative estimate of drug-likeness (QED) is 0.0898. The number of unbranched alkanes of at least 4 members (excludes halogenated alkanes) is 9. The Morgan fingerprint density at radius 1 is 0.714 bits per heavy atom. The molecule has 1 heterocycles. The molecule has 8 nitrogen and oxygen atoms in total. The van der Waals surface area contributed by atoms with Crippen LogP contribution in [0.1, 0.15) is 103 Å². The molecule has 2 amide bonds. The summed E-state index contributed by atoms with van der Waals surface area (Å²) in [6, 6.07) is 28.3. The number of ether oxygens (including phenoxy) is 1. The fraction of sp³-hybridized carbons (Fsp3) is 0.439. The minimum absolute atomic E-state index is 0.0116. The highest BCUT2D eigenvalue weighted by Gasteiger charge is 2.20. The van der Waals surface area contributed by atoms with Crippen molar-refractivity contribution >= 4 is 29.0 Å². The van der Waals surface area contributed by atoms with E-state index in [-0.39, 0.29) is 23.5 Å². The first-order valence-corrected chi connectivity index (χ1v) is 18.1. The number of aromatic nitrogens is 2. The minimum Gasteiger partial charge on any atom is -0.490 e. The third-order valence-electron chi connectivity index (χ3n) is 8.92. The summed E-state index contributed by atoms with van der Waals surface area (Å²) in [5.74, 6) is 0.934. The second-order valence-corrected chi connectivity index (χ2v) is 12.9. The van der Waals surface area contributed by atoms with E-state index in [0.29, 0.717) is 31.0 Å². The molecule has 0 radical (unpaired) electrons. The van der Waals surface area contributed by atoms with Crippen molar-refractivity contribution in [2.45, 2.75) is 110 Å². The van der Waals surface area contributed by atoms with Gasteiger partial charge in [-0.1, -0.05) is 113 Å². The van der Waals surface area contributed by atoms with Gasteiger partial charge in [0.1, 0.15) is 17.7 Å². The molecule has 4 aromatic rings. The Morgan fingerprint density at radius 3 is 1.88 bits per heavy atom. The van der Waals surface area contributed by atoms with E-state index in [0.717, 1.165) is 29.8 Å². The molecule has 0 saturated carbocycles. The number of hydrogen-bond donors (Lipinski definition) is 1. The predicted octanol–water partition coefficient (Wildman–Crippen LogP) is 9.41. The van der Waals surface area contributed by atoms with E-state index in [1.807, 2.05) is 72.8 Å². The molecule has 0 aliphatic rings. The molecule has 8 heteroatoms. The van der Waals surface area contributed by atoms with Gasteiger partial charge >= 0.3 is 0 Å². The van der Waals surface area contributed by atoms with Crippen LogP contribution in [0.3, 0.4) is 0 Å². The van der Waals surface area contributed by atoms with Crippen LogP contribution in [0.25, 0.3) is 0 Å². The minimum atomic E-state index is -0.239. The number of nitrogens with one attached hydrogen (secondary N) is 1. The number of amides is 2. The van der Waals surface area contributed by atoms with Gasteiger partial charge < -0.3 is 9.64 Å². The van der Waals surface area contributed by atoms with Gasteiger partial charge in [0.25, 0.3) is 5.56 Å². The highest BCUT2D eigenvalue weighted by molar-refractivity contribution is 5.98. The molecular weight excluding hydrogens is 612 g/mol. The van der Waals surface area contributed by atoms with Crippen molar-refractivity contribution in [3.63, 3.8) is 0 Å². The van der Waals surface area contributed by atoms with Gasteiger partial charge in [-0.05, 0) is 54.8 Å². The first kappa shape index (κ1) is 37.2. The van der Waals surface area contributed by atoms with Gasteiger partial charge in [-0.15, -0.1) is 0 Å². The van der Waals surface area contributed by atoms with E-state index < -0.39 is 0 Å². The summed E-state index contributed by atoms with van der Waals surface area (Å²) in [7, 11) is 0. The zero-order valence-corrected chi connectivity index (χ0v) is 29.6. The molecule has 4 rings (SSSR count). The van der Waals surface area contributed by atoms with Gasteiger partial charge in [0.2, 0.25) is 11.8 Å². The maximum atomic E-state index is 12.9. The largest absolute Gasteiger partial charge is 0.490 e. The van der Waals surface area contributed by atoms with Crippen LogP contribution in [0.2, 0.25) is 0 Å². The average Bonchev–Trinajstić information content (AvgIpc) is 3.45. The van der Waals surface area contributed by atoms with Crippen molar-refractivity contribution in [3.8, 4) is 5.75 Å². The van der Waals surface area contributed by atoms with Crippen LogP contribution in [0.5, 0.6) is 5.75 Å². The number of hydrogen-bond acceptors (Lipinski definition) is 4. The van der Waals surface area contributed by atoms with Crippen LogP contribution in [-0.4, -0.2) is 34.2 Å². The van der Waals surface area contributed by atoms with Crippen molar-refractivity contribution in [2.24, 2.45) is 0 Å². The van der Waals surface area contributed by atoms with E-state index in [2.05, 4.69) is 12.0 Å². The van der Waals surface area contributed by atoms with Gasteiger partial charge in [-0.3, -0.25) is 24.4 Å². The predicted molar refractivity (Wildman–Crippen MR) is 200 cm³/mol. The number of para-hydroxylation sites is 1. The average molecular weight is 667 g/mol. The van der Waals surface area contributed by atoms with E-state index >= 15 is 0 Å². The van der Waals surface area contributed by atoms with Gasteiger partial charge in [-0.2, -0.15) is 0 Å². The van der Waals surface area contributed by atoms with Crippen molar-refractivity contribution in [1.29, 1.82) is 0 Å². The highest BCUT2D eigenvalue weighted by atomic mass is 16.5. The molecular formula is C41H54N4O4. The molecule has 0 spiro atoms. The number of H-pyrrole nitrogens is 1. The summed E-state index contributed by atoms with van der Waals surface area (Å²) in [5, 5.41) is 3.09. The van der Waals surface area contributed by atoms with Crippen LogP contribution in [0.15, 0.2) is 95.8 Å². The number of rotatable bonds is 21. The second kappa shape index (κ2) is 20.0. The van der Waals surface area contributed by atoms with Crippen LogP contribution in [0.4, 0.5) is 17.2 Å². The molecule has 0 fully saturated rings. The molecule has 262 valence electrons. The Balaban J connectivity index is 1.37. The fourth-order valence-electron chi connectivity index (χ4n) is 6.25. The molecule has 0 saturated heterocycles. The number of aromatic amines is 1. The van der Waals surface area contributed by atoms with Crippen LogP contribution < -0.4 is 20.1 Å². The molecule has 1 atom stereocenters. The Bertz CT molecular complexity index is 1600. The fourth-order valence-corrected chi connectivity index (χ4v) is 6.25. The smallest absolute Gasteiger partial charge is 0.268 e. The maximum absolute atomic E-state index is 12.9. The third kappa shape index (κ3) is 12.1. The number of anilines is 3. The lowest BCUT2D eigenvalue weighted by molar-refractivity contribution is -0.117. The van der Waals surface area contributed by atoms with E-state index in [1.54, 1.807) is 24.0 Å².